The number of oxime groups is 1. The van der Waals surface area contributed by atoms with Crippen molar-refractivity contribution < 1.29 is 34.2 Å². The molecule has 5 rings (SSSR count). The number of hydrogen-bond acceptors (Lipinski definition) is 7. The molecule has 0 radical (unpaired) electrons. The van der Waals surface area contributed by atoms with Crippen LogP contribution < -0.4 is 0 Å². The highest BCUT2D eigenvalue weighted by Crippen LogP contribution is 2.77. The van der Waals surface area contributed by atoms with Gasteiger partial charge in [0.2, 0.25) is 0 Å². The summed E-state index contributed by atoms with van der Waals surface area (Å²) in [5.74, 6) is -0.545. The fraction of sp³-hybridized carbons (Fsp3) is 0.824. The highest BCUT2D eigenvalue weighted by molar-refractivity contribution is 5.91. The average Bonchev–Trinajstić information content (AvgIpc) is 3.32. The Labute approximate surface area is 250 Å². The Bertz CT molecular complexity index is 1200. The maximum atomic E-state index is 12.9. The number of aliphatic hydroxyl groups is 1. The standard InChI is InChI=1S/C34H51NO7/c1-20(18-36)23-10-15-34(29(39)40)17-16-32(6)24(28(23)34)8-9-26-30(4)13-12-27(35-42-22(3)38)31(5,19-41-21(2)37)25(30)11-14-33(26,32)7/h23-26,28,36H,1,8-19H2,2-7H3,(H,39,40)/t23-,24+,25+,26+,28+,30-,31+,32+,33+,34-/m0/s1. The van der Waals surface area contributed by atoms with Gasteiger partial charge in [0.15, 0.2) is 0 Å². The predicted molar refractivity (Wildman–Crippen MR) is 158 cm³/mol. The van der Waals surface area contributed by atoms with Crippen molar-refractivity contribution in [3.63, 3.8) is 0 Å². The molecule has 5 saturated carbocycles. The van der Waals surface area contributed by atoms with Crippen molar-refractivity contribution in [1.82, 2.24) is 0 Å². The highest BCUT2D eigenvalue weighted by atomic mass is 16.7. The maximum absolute atomic E-state index is 12.9. The molecule has 0 heterocycles. The molecule has 0 amide bonds. The number of carboxylic acid groups (broad SMARTS) is 1. The van der Waals surface area contributed by atoms with E-state index in [0.29, 0.717) is 25.2 Å². The molecule has 0 unspecified atom stereocenters. The third kappa shape index (κ3) is 4.24. The summed E-state index contributed by atoms with van der Waals surface area (Å²) in [7, 11) is 0. The van der Waals surface area contributed by atoms with Crippen LogP contribution >= 0.6 is 0 Å². The van der Waals surface area contributed by atoms with Crippen molar-refractivity contribution in [2.24, 2.45) is 61.8 Å². The summed E-state index contributed by atoms with van der Waals surface area (Å²) in [6.07, 6.45) is 8.57. The van der Waals surface area contributed by atoms with Gasteiger partial charge in [-0.2, -0.15) is 0 Å². The van der Waals surface area contributed by atoms with Crippen molar-refractivity contribution in [2.75, 3.05) is 13.2 Å². The van der Waals surface area contributed by atoms with E-state index >= 15 is 0 Å². The van der Waals surface area contributed by atoms with Gasteiger partial charge in [-0.3, -0.25) is 9.59 Å². The molecule has 0 bridgehead atoms. The van der Waals surface area contributed by atoms with Crippen LogP contribution in [0.25, 0.3) is 0 Å². The van der Waals surface area contributed by atoms with E-state index in [0.717, 1.165) is 56.2 Å². The van der Waals surface area contributed by atoms with Gasteiger partial charge in [0.25, 0.3) is 0 Å². The van der Waals surface area contributed by atoms with Gasteiger partial charge in [-0.15, -0.1) is 0 Å². The van der Waals surface area contributed by atoms with Crippen LogP contribution in [0, 0.1) is 56.7 Å². The van der Waals surface area contributed by atoms with Gasteiger partial charge in [-0.25, -0.2) is 4.79 Å². The molecule has 0 aliphatic heterocycles. The molecule has 8 heteroatoms. The minimum absolute atomic E-state index is 0.000224. The Balaban J connectivity index is 1.53. The first-order chi connectivity index (χ1) is 19.6. The lowest BCUT2D eigenvalue weighted by atomic mass is 9.32. The van der Waals surface area contributed by atoms with E-state index < -0.39 is 22.8 Å². The number of aliphatic hydroxyl groups excluding tert-OH is 1. The van der Waals surface area contributed by atoms with Crippen LogP contribution in [0.3, 0.4) is 0 Å². The molecule has 0 aromatic rings. The maximum Gasteiger partial charge on any atom is 0.331 e. The fourth-order valence-corrected chi connectivity index (χ4v) is 11.9. The third-order valence-electron chi connectivity index (χ3n) is 14.0. The molecule has 234 valence electrons. The highest BCUT2D eigenvalue weighted by Gasteiger charge is 2.72. The van der Waals surface area contributed by atoms with Crippen LogP contribution in [-0.4, -0.2) is 47.0 Å². The van der Waals surface area contributed by atoms with Gasteiger partial charge in [0, 0.05) is 19.3 Å². The molecule has 10 atom stereocenters. The number of carbonyl (C=O) groups is 3. The van der Waals surface area contributed by atoms with Crippen molar-refractivity contribution in [1.29, 1.82) is 0 Å². The minimum Gasteiger partial charge on any atom is -0.481 e. The number of hydrogen-bond donors (Lipinski definition) is 2. The Morgan fingerprint density at radius 2 is 1.62 bits per heavy atom. The van der Waals surface area contributed by atoms with Crippen molar-refractivity contribution in [3.05, 3.63) is 12.2 Å². The zero-order valence-corrected chi connectivity index (χ0v) is 26.5. The number of carbonyl (C=O) groups excluding carboxylic acids is 2. The number of fused-ring (bicyclic) bond motifs is 7. The second-order valence-corrected chi connectivity index (χ2v) is 15.4. The van der Waals surface area contributed by atoms with Crippen molar-refractivity contribution in [3.8, 4) is 0 Å². The average molecular weight is 586 g/mol. The van der Waals surface area contributed by atoms with Crippen molar-refractivity contribution >= 4 is 23.6 Å². The first kappa shape index (κ1) is 31.2. The van der Waals surface area contributed by atoms with E-state index in [1.807, 2.05) is 0 Å². The second kappa shape index (κ2) is 10.4. The Morgan fingerprint density at radius 1 is 0.905 bits per heavy atom. The number of ether oxygens (including phenoxy) is 1. The number of carboxylic acids is 1. The number of rotatable bonds is 6. The van der Waals surface area contributed by atoms with E-state index in [-0.39, 0.29) is 59.1 Å². The summed E-state index contributed by atoms with van der Waals surface area (Å²) in [5.41, 5.74) is 0.237. The predicted octanol–water partition coefficient (Wildman–Crippen LogP) is 6.16. The normalized spacial score (nSPS) is 46.9. The molecule has 5 aliphatic carbocycles. The summed E-state index contributed by atoms with van der Waals surface area (Å²) in [6.45, 7) is 16.6. The summed E-state index contributed by atoms with van der Waals surface area (Å²) in [4.78, 5) is 41.7. The molecule has 2 N–H and O–H groups in total. The lowest BCUT2D eigenvalue weighted by Gasteiger charge is -2.72. The molecule has 0 aromatic carbocycles. The molecule has 0 saturated heterocycles. The van der Waals surface area contributed by atoms with Gasteiger partial charge in [0.05, 0.1) is 17.7 Å². The SMILES string of the molecule is C=C(CO)[C@@H]1CC[C@]2(C(=O)O)CC[C@]3(C)[C@H](CC[C@@H]4[C@@]5(C)CCC(=NOC(C)=O)[C@](C)(COC(C)=O)[C@@H]5CC[C@]43C)[C@@H]12. The summed E-state index contributed by atoms with van der Waals surface area (Å²) >= 11 is 0. The summed E-state index contributed by atoms with van der Waals surface area (Å²) in [6, 6.07) is 0. The van der Waals surface area contributed by atoms with Gasteiger partial charge in [0.1, 0.15) is 6.61 Å². The van der Waals surface area contributed by atoms with E-state index in [4.69, 9.17) is 9.57 Å². The monoisotopic (exact) mass is 585 g/mol. The number of nitrogens with zero attached hydrogens (tertiary/aromatic N) is 1. The smallest absolute Gasteiger partial charge is 0.331 e. The molecule has 0 aromatic heterocycles. The van der Waals surface area contributed by atoms with Crippen LogP contribution in [-0.2, 0) is 24.0 Å². The van der Waals surface area contributed by atoms with Gasteiger partial charge in [-0.1, -0.05) is 39.4 Å². The largest absolute Gasteiger partial charge is 0.481 e. The van der Waals surface area contributed by atoms with Gasteiger partial charge >= 0.3 is 17.9 Å². The minimum atomic E-state index is -0.729. The summed E-state index contributed by atoms with van der Waals surface area (Å²) in [5, 5.41) is 25.0. The molecular formula is C34H51NO7. The lowest BCUT2D eigenvalue weighted by Crippen LogP contribution is -2.67. The topological polar surface area (TPSA) is 122 Å². The zero-order chi connectivity index (χ0) is 30.9. The van der Waals surface area contributed by atoms with Crippen LogP contribution in [0.15, 0.2) is 17.3 Å². The van der Waals surface area contributed by atoms with Crippen molar-refractivity contribution in [2.45, 2.75) is 106 Å². The van der Waals surface area contributed by atoms with Crippen LogP contribution in [0.4, 0.5) is 0 Å². The van der Waals surface area contributed by atoms with E-state index in [1.54, 1.807) is 0 Å². The Hall–Kier alpha value is -2.22. The quantitative estimate of drug-likeness (QED) is 0.166. The van der Waals surface area contributed by atoms with Gasteiger partial charge in [-0.05, 0) is 116 Å². The fourth-order valence-electron chi connectivity index (χ4n) is 11.9. The van der Waals surface area contributed by atoms with E-state index in [9.17, 15) is 24.6 Å². The molecule has 42 heavy (non-hydrogen) atoms. The second-order valence-electron chi connectivity index (χ2n) is 15.4. The molecule has 5 fully saturated rings. The Kier molecular flexibility index (Phi) is 7.77. The Morgan fingerprint density at radius 3 is 2.24 bits per heavy atom. The van der Waals surface area contributed by atoms with Crippen LogP contribution in [0.1, 0.15) is 106 Å². The zero-order valence-electron chi connectivity index (χ0n) is 26.5. The molecular weight excluding hydrogens is 534 g/mol. The van der Waals surface area contributed by atoms with Crippen LogP contribution in [0.2, 0.25) is 0 Å². The molecule has 0 spiro atoms. The lowest BCUT2D eigenvalue weighted by molar-refractivity contribution is -0.233. The molecule has 8 nitrogen and oxygen atoms in total. The van der Waals surface area contributed by atoms with E-state index in [2.05, 4.69) is 39.4 Å². The first-order valence-electron chi connectivity index (χ1n) is 16.0. The first-order valence-corrected chi connectivity index (χ1v) is 16.0. The van der Waals surface area contributed by atoms with Crippen LogP contribution in [0.5, 0.6) is 0 Å². The molecule has 5 aliphatic rings. The summed E-state index contributed by atoms with van der Waals surface area (Å²) < 4.78 is 5.66. The van der Waals surface area contributed by atoms with E-state index in [1.165, 1.54) is 13.8 Å². The van der Waals surface area contributed by atoms with Gasteiger partial charge < -0.3 is 19.8 Å². The number of esters is 1. The third-order valence-corrected chi connectivity index (χ3v) is 14.0. The number of aliphatic carboxylic acids is 1.